The van der Waals surface area contributed by atoms with Gasteiger partial charge in [0.05, 0.1) is 11.0 Å². The number of nitrogens with one attached hydrogen (secondary N) is 2. The van der Waals surface area contributed by atoms with Crippen molar-refractivity contribution in [3.8, 4) is 22.5 Å². The van der Waals surface area contributed by atoms with Crippen molar-refractivity contribution >= 4 is 22.7 Å². The topological polar surface area (TPSA) is 92.3 Å². The van der Waals surface area contributed by atoms with Gasteiger partial charge in [-0.3, -0.25) is 9.97 Å². The molecular weight excluding hydrogens is 350 g/mol. The van der Waals surface area contributed by atoms with Gasteiger partial charge in [0.25, 0.3) is 0 Å². The molecule has 0 spiro atoms. The molecule has 7 heteroatoms. The molecule has 0 saturated carbocycles. The Kier molecular flexibility index (Phi) is 3.95. The van der Waals surface area contributed by atoms with Gasteiger partial charge in [-0.05, 0) is 42.0 Å². The number of imidazole rings is 1. The van der Waals surface area contributed by atoms with Crippen molar-refractivity contribution in [2.75, 3.05) is 5.32 Å². The van der Waals surface area contributed by atoms with Crippen LogP contribution in [0.3, 0.4) is 0 Å². The van der Waals surface area contributed by atoms with E-state index in [1.807, 2.05) is 36.4 Å². The van der Waals surface area contributed by atoms with Crippen LogP contribution in [-0.2, 0) is 0 Å². The second-order valence-corrected chi connectivity index (χ2v) is 6.21. The van der Waals surface area contributed by atoms with E-state index in [1.54, 1.807) is 37.2 Å². The summed E-state index contributed by atoms with van der Waals surface area (Å²) in [5.74, 6) is 1.36. The molecule has 0 bridgehead atoms. The normalized spacial score (nSPS) is 10.9. The number of rotatable bonds is 4. The summed E-state index contributed by atoms with van der Waals surface area (Å²) < 4.78 is 0. The van der Waals surface area contributed by atoms with Gasteiger partial charge in [0.15, 0.2) is 0 Å². The number of aromatic nitrogens is 6. The lowest BCUT2D eigenvalue weighted by molar-refractivity contribution is 1.16. The Morgan fingerprint density at radius 3 is 2.18 bits per heavy atom. The van der Waals surface area contributed by atoms with Crippen LogP contribution in [0.1, 0.15) is 0 Å². The van der Waals surface area contributed by atoms with Gasteiger partial charge in [-0.15, -0.1) is 0 Å². The fraction of sp³-hybridized carbons (Fsp3) is 0. The molecular formula is C21H15N7. The van der Waals surface area contributed by atoms with Crippen molar-refractivity contribution in [1.82, 2.24) is 29.9 Å². The summed E-state index contributed by atoms with van der Waals surface area (Å²) >= 11 is 0. The van der Waals surface area contributed by atoms with Crippen LogP contribution in [0, 0.1) is 0 Å². The highest BCUT2D eigenvalue weighted by molar-refractivity contribution is 5.84. The molecule has 7 nitrogen and oxygen atoms in total. The molecule has 4 heterocycles. The summed E-state index contributed by atoms with van der Waals surface area (Å²) in [5.41, 5.74) is 5.72. The molecule has 0 aliphatic rings. The van der Waals surface area contributed by atoms with Gasteiger partial charge < -0.3 is 10.3 Å². The van der Waals surface area contributed by atoms with E-state index in [2.05, 4.69) is 41.3 Å². The van der Waals surface area contributed by atoms with Crippen molar-refractivity contribution in [1.29, 1.82) is 0 Å². The van der Waals surface area contributed by atoms with E-state index < -0.39 is 0 Å². The van der Waals surface area contributed by atoms with E-state index in [1.165, 1.54) is 0 Å². The molecule has 134 valence electrons. The molecule has 4 aromatic heterocycles. The Hall–Kier alpha value is -4.13. The summed E-state index contributed by atoms with van der Waals surface area (Å²) in [6.45, 7) is 0. The molecule has 0 aliphatic heterocycles. The number of hydrogen-bond acceptors (Lipinski definition) is 6. The fourth-order valence-electron chi connectivity index (χ4n) is 2.94. The van der Waals surface area contributed by atoms with E-state index in [0.717, 1.165) is 39.2 Å². The van der Waals surface area contributed by atoms with Crippen molar-refractivity contribution in [2.24, 2.45) is 0 Å². The van der Waals surface area contributed by atoms with Gasteiger partial charge in [-0.2, -0.15) is 0 Å². The summed E-state index contributed by atoms with van der Waals surface area (Å²) in [6.07, 6.45) is 10.6. The molecule has 1 aromatic carbocycles. The highest BCUT2D eigenvalue weighted by atomic mass is 15.1. The first-order chi connectivity index (χ1) is 13.8. The fourth-order valence-corrected chi connectivity index (χ4v) is 2.94. The number of aromatic amines is 1. The number of fused-ring (bicyclic) bond motifs is 1. The Morgan fingerprint density at radius 2 is 1.43 bits per heavy atom. The van der Waals surface area contributed by atoms with Crippen LogP contribution < -0.4 is 5.32 Å². The summed E-state index contributed by atoms with van der Waals surface area (Å²) in [5, 5.41) is 3.15. The monoisotopic (exact) mass is 365 g/mol. The number of anilines is 2. The molecule has 0 unspecified atom stereocenters. The average Bonchev–Trinajstić information content (AvgIpc) is 3.19. The van der Waals surface area contributed by atoms with Gasteiger partial charge in [-0.25, -0.2) is 15.0 Å². The van der Waals surface area contributed by atoms with Crippen LogP contribution in [0.15, 0.2) is 79.6 Å². The number of hydrogen-bond donors (Lipinski definition) is 2. The number of pyridine rings is 2. The van der Waals surface area contributed by atoms with Gasteiger partial charge in [-0.1, -0.05) is 6.07 Å². The second-order valence-electron chi connectivity index (χ2n) is 6.21. The lowest BCUT2D eigenvalue weighted by Gasteiger charge is -2.05. The highest BCUT2D eigenvalue weighted by Crippen LogP contribution is 2.25. The molecule has 0 fully saturated rings. The minimum atomic E-state index is 0.539. The molecule has 0 radical (unpaired) electrons. The third kappa shape index (κ3) is 3.16. The zero-order chi connectivity index (χ0) is 18.8. The standard InChI is InChI=1S/C21H15N7/c1-2-18-19(28-20(27-18)14-3-7-22-8-4-14)11-15(1)16-12-24-21(25-13-16)26-17-5-9-23-10-6-17/h1-13H,(H,27,28)(H,23,24,25,26). The maximum absolute atomic E-state index is 4.65. The Balaban J connectivity index is 1.42. The minimum absolute atomic E-state index is 0.539. The average molecular weight is 365 g/mol. The van der Waals surface area contributed by atoms with E-state index in [-0.39, 0.29) is 0 Å². The Bertz CT molecular complexity index is 1220. The van der Waals surface area contributed by atoms with Crippen LogP contribution in [-0.4, -0.2) is 29.9 Å². The quantitative estimate of drug-likeness (QED) is 0.495. The predicted molar refractivity (Wildman–Crippen MR) is 108 cm³/mol. The first kappa shape index (κ1) is 16.1. The third-order valence-electron chi connectivity index (χ3n) is 4.36. The maximum Gasteiger partial charge on any atom is 0.227 e. The molecule has 0 aliphatic carbocycles. The molecule has 0 amide bonds. The number of H-pyrrole nitrogens is 1. The van der Waals surface area contributed by atoms with Crippen LogP contribution in [0.5, 0.6) is 0 Å². The molecule has 5 rings (SSSR count). The predicted octanol–water partition coefficient (Wildman–Crippen LogP) is 4.22. The minimum Gasteiger partial charge on any atom is -0.338 e. The van der Waals surface area contributed by atoms with Crippen LogP contribution >= 0.6 is 0 Å². The number of benzene rings is 1. The van der Waals surface area contributed by atoms with E-state index in [9.17, 15) is 0 Å². The Labute approximate surface area is 160 Å². The number of nitrogens with zero attached hydrogens (tertiary/aromatic N) is 5. The highest BCUT2D eigenvalue weighted by Gasteiger charge is 2.08. The maximum atomic E-state index is 4.65. The lowest BCUT2D eigenvalue weighted by Crippen LogP contribution is -1.96. The summed E-state index contributed by atoms with van der Waals surface area (Å²) in [7, 11) is 0. The van der Waals surface area contributed by atoms with Gasteiger partial charge in [0, 0.05) is 54.0 Å². The van der Waals surface area contributed by atoms with Crippen molar-refractivity contribution < 1.29 is 0 Å². The van der Waals surface area contributed by atoms with Crippen LogP contribution in [0.4, 0.5) is 11.6 Å². The molecule has 0 atom stereocenters. The van der Waals surface area contributed by atoms with Gasteiger partial charge >= 0.3 is 0 Å². The Morgan fingerprint density at radius 1 is 0.714 bits per heavy atom. The lowest BCUT2D eigenvalue weighted by atomic mass is 10.1. The van der Waals surface area contributed by atoms with E-state index in [4.69, 9.17) is 0 Å². The first-order valence-electron chi connectivity index (χ1n) is 8.75. The van der Waals surface area contributed by atoms with E-state index in [0.29, 0.717) is 5.95 Å². The van der Waals surface area contributed by atoms with Gasteiger partial charge in [0.1, 0.15) is 5.82 Å². The van der Waals surface area contributed by atoms with Crippen LogP contribution in [0.2, 0.25) is 0 Å². The van der Waals surface area contributed by atoms with Crippen molar-refractivity contribution in [3.63, 3.8) is 0 Å². The van der Waals surface area contributed by atoms with Crippen molar-refractivity contribution in [3.05, 3.63) is 79.6 Å². The summed E-state index contributed by atoms with van der Waals surface area (Å²) in [6, 6.07) is 13.7. The molecule has 2 N–H and O–H groups in total. The van der Waals surface area contributed by atoms with E-state index >= 15 is 0 Å². The third-order valence-corrected chi connectivity index (χ3v) is 4.36. The first-order valence-corrected chi connectivity index (χ1v) is 8.75. The second kappa shape index (κ2) is 6.88. The SMILES string of the molecule is c1cc(Nc2ncc(-c3ccc4nc(-c5ccncc5)[nH]c4c3)cn2)ccn1. The molecule has 5 aromatic rings. The smallest absolute Gasteiger partial charge is 0.227 e. The summed E-state index contributed by atoms with van der Waals surface area (Å²) in [4.78, 5) is 24.9. The van der Waals surface area contributed by atoms with Crippen molar-refractivity contribution in [2.45, 2.75) is 0 Å². The zero-order valence-electron chi connectivity index (χ0n) is 14.7. The largest absolute Gasteiger partial charge is 0.338 e. The molecule has 0 saturated heterocycles. The van der Waals surface area contributed by atoms with Crippen LogP contribution in [0.25, 0.3) is 33.5 Å². The van der Waals surface area contributed by atoms with Gasteiger partial charge in [0.2, 0.25) is 5.95 Å². The molecule has 28 heavy (non-hydrogen) atoms. The zero-order valence-corrected chi connectivity index (χ0v) is 14.7.